The third-order valence-electron chi connectivity index (χ3n) is 5.62. The number of aromatic nitrogens is 2. The molecule has 0 fully saturated rings. The molecule has 4 rings (SSSR count). The van der Waals surface area contributed by atoms with Gasteiger partial charge in [0.1, 0.15) is 11.6 Å². The van der Waals surface area contributed by atoms with Gasteiger partial charge < -0.3 is 10.1 Å². The van der Waals surface area contributed by atoms with Crippen LogP contribution in [0.4, 0.5) is 17.2 Å². The van der Waals surface area contributed by atoms with Crippen molar-refractivity contribution >= 4 is 28.8 Å². The van der Waals surface area contributed by atoms with Crippen LogP contribution in [0.1, 0.15) is 42.0 Å². The zero-order chi connectivity index (χ0) is 23.2. The number of ether oxygens (including phenoxy) is 1. The van der Waals surface area contributed by atoms with E-state index >= 15 is 0 Å². The van der Waals surface area contributed by atoms with Crippen LogP contribution in [0.15, 0.2) is 48.5 Å². The Kier molecular flexibility index (Phi) is 7.01. The van der Waals surface area contributed by atoms with E-state index in [2.05, 4.69) is 32.3 Å². The predicted octanol–water partition coefficient (Wildman–Crippen LogP) is 5.94. The molecule has 3 aromatic rings. The minimum atomic E-state index is -0.502. The molecule has 1 aliphatic rings. The summed E-state index contributed by atoms with van der Waals surface area (Å²) in [7, 11) is 0. The second-order valence-electron chi connectivity index (χ2n) is 7.71. The third-order valence-corrected chi connectivity index (χ3v) is 5.79. The minimum Gasteiger partial charge on any atom is -0.504 e. The van der Waals surface area contributed by atoms with Crippen LogP contribution < -0.4 is 10.1 Å². The van der Waals surface area contributed by atoms with Crippen LogP contribution in [0.3, 0.4) is 0 Å². The minimum absolute atomic E-state index is 0.0950. The van der Waals surface area contributed by atoms with Gasteiger partial charge in [0, 0.05) is 30.2 Å². The van der Waals surface area contributed by atoms with Crippen molar-refractivity contribution in [1.82, 2.24) is 9.97 Å². The standard InChI is InChI=1S/C24H22ClN5O3/c1-26-20-12-9-17(30(31)32)15-21(20)33-14-6-5-13-27-23-19-11-10-18(16-7-3-2-4-8-16)22(19)28-24(25)29-23/h2-4,7-9,12,15,18H,5-6,10-11,13-14H2,(H,27,28,29). The molecule has 0 saturated heterocycles. The number of hydrogen-bond acceptors (Lipinski definition) is 6. The first-order chi connectivity index (χ1) is 16.1. The zero-order valence-corrected chi connectivity index (χ0v) is 18.6. The van der Waals surface area contributed by atoms with Crippen molar-refractivity contribution in [1.29, 1.82) is 0 Å². The van der Waals surface area contributed by atoms with E-state index in [4.69, 9.17) is 22.9 Å². The van der Waals surface area contributed by atoms with Crippen molar-refractivity contribution in [2.45, 2.75) is 31.6 Å². The fourth-order valence-electron chi connectivity index (χ4n) is 4.03. The Labute approximate surface area is 196 Å². The normalized spacial score (nSPS) is 14.4. The summed E-state index contributed by atoms with van der Waals surface area (Å²) in [4.78, 5) is 22.7. The summed E-state index contributed by atoms with van der Waals surface area (Å²) < 4.78 is 5.63. The predicted molar refractivity (Wildman–Crippen MR) is 126 cm³/mol. The summed E-state index contributed by atoms with van der Waals surface area (Å²) in [6.07, 6.45) is 3.37. The van der Waals surface area contributed by atoms with Gasteiger partial charge in [0.05, 0.1) is 23.8 Å². The Balaban J connectivity index is 1.32. The van der Waals surface area contributed by atoms with E-state index in [1.807, 2.05) is 18.2 Å². The summed E-state index contributed by atoms with van der Waals surface area (Å²) in [5.74, 6) is 1.24. The lowest BCUT2D eigenvalue weighted by molar-refractivity contribution is -0.384. The second kappa shape index (κ2) is 10.3. The average molecular weight is 464 g/mol. The van der Waals surface area contributed by atoms with Gasteiger partial charge in [-0.05, 0) is 48.9 Å². The molecule has 1 heterocycles. The van der Waals surface area contributed by atoms with E-state index in [1.54, 1.807) is 0 Å². The number of nitro benzene ring substituents is 1. The molecule has 168 valence electrons. The number of hydrogen-bond donors (Lipinski definition) is 1. The van der Waals surface area contributed by atoms with Gasteiger partial charge in [0.2, 0.25) is 11.0 Å². The molecule has 1 aliphatic carbocycles. The molecule has 2 aromatic carbocycles. The smallest absolute Gasteiger partial charge is 0.270 e. The topological polar surface area (TPSA) is 94.5 Å². The van der Waals surface area contributed by atoms with Gasteiger partial charge in [-0.3, -0.25) is 10.1 Å². The maximum atomic E-state index is 11.0. The SMILES string of the molecule is [C-]#[N+]c1ccc([N+](=O)[O-])cc1OCCCCNc1nc(Cl)nc2c1CCC2c1ccccc1. The van der Waals surface area contributed by atoms with Crippen LogP contribution in [0.2, 0.25) is 5.28 Å². The molecule has 0 amide bonds. The van der Waals surface area contributed by atoms with Crippen LogP contribution in [0.5, 0.6) is 5.75 Å². The van der Waals surface area contributed by atoms with Gasteiger partial charge in [-0.2, -0.15) is 0 Å². The van der Waals surface area contributed by atoms with Crippen LogP contribution >= 0.6 is 11.6 Å². The van der Waals surface area contributed by atoms with Crippen LogP contribution in [-0.4, -0.2) is 28.0 Å². The maximum Gasteiger partial charge on any atom is 0.270 e. The first-order valence-corrected chi connectivity index (χ1v) is 11.1. The first kappa shape index (κ1) is 22.5. The van der Waals surface area contributed by atoms with Crippen LogP contribution in [-0.2, 0) is 6.42 Å². The molecule has 0 aliphatic heterocycles. The fourth-order valence-corrected chi connectivity index (χ4v) is 4.21. The zero-order valence-electron chi connectivity index (χ0n) is 17.8. The van der Waals surface area contributed by atoms with Gasteiger partial charge in [-0.1, -0.05) is 30.3 Å². The van der Waals surface area contributed by atoms with E-state index in [1.165, 1.54) is 23.8 Å². The molecule has 0 radical (unpaired) electrons. The summed E-state index contributed by atoms with van der Waals surface area (Å²) >= 11 is 6.22. The number of nitrogens with one attached hydrogen (secondary N) is 1. The Bertz CT molecular complexity index is 1200. The molecule has 1 atom stereocenters. The van der Waals surface area contributed by atoms with Crippen molar-refractivity contribution in [3.05, 3.63) is 92.2 Å². The molecule has 1 unspecified atom stereocenters. The van der Waals surface area contributed by atoms with Crippen molar-refractivity contribution in [2.24, 2.45) is 0 Å². The molecule has 1 aromatic heterocycles. The summed E-state index contributed by atoms with van der Waals surface area (Å²) in [6, 6.07) is 14.3. The largest absolute Gasteiger partial charge is 0.504 e. The summed E-state index contributed by atoms with van der Waals surface area (Å²) in [5.41, 5.74) is 3.50. The maximum absolute atomic E-state index is 11.0. The number of nitro groups is 1. The molecule has 8 nitrogen and oxygen atoms in total. The molecule has 0 saturated carbocycles. The van der Waals surface area contributed by atoms with Gasteiger partial charge >= 0.3 is 0 Å². The van der Waals surface area contributed by atoms with Crippen molar-refractivity contribution in [3.8, 4) is 5.75 Å². The molecule has 9 heteroatoms. The lowest BCUT2D eigenvalue weighted by Gasteiger charge is -2.14. The Morgan fingerprint density at radius 2 is 2.03 bits per heavy atom. The quantitative estimate of drug-likeness (QED) is 0.139. The highest BCUT2D eigenvalue weighted by molar-refractivity contribution is 6.28. The highest BCUT2D eigenvalue weighted by atomic mass is 35.5. The monoisotopic (exact) mass is 463 g/mol. The second-order valence-corrected chi connectivity index (χ2v) is 8.05. The number of anilines is 1. The number of non-ortho nitro benzene ring substituents is 1. The van der Waals surface area contributed by atoms with Gasteiger partial charge in [-0.25, -0.2) is 14.8 Å². The number of rotatable bonds is 9. The van der Waals surface area contributed by atoms with Gasteiger partial charge in [-0.15, -0.1) is 0 Å². The van der Waals surface area contributed by atoms with E-state index in [0.717, 1.165) is 36.3 Å². The molecular weight excluding hydrogens is 442 g/mol. The molecule has 0 spiro atoms. The number of nitrogens with zero attached hydrogens (tertiary/aromatic N) is 4. The van der Waals surface area contributed by atoms with Gasteiger partial charge in [0.25, 0.3) is 5.69 Å². The average Bonchev–Trinajstić information content (AvgIpc) is 3.25. The van der Waals surface area contributed by atoms with Crippen LogP contribution in [0.25, 0.3) is 4.85 Å². The fraction of sp³-hybridized carbons (Fsp3) is 0.292. The van der Waals surface area contributed by atoms with Gasteiger partial charge in [0.15, 0.2) is 0 Å². The van der Waals surface area contributed by atoms with Crippen molar-refractivity contribution in [3.63, 3.8) is 0 Å². The Morgan fingerprint density at radius 3 is 2.79 bits per heavy atom. The molecule has 1 N–H and O–H groups in total. The lowest BCUT2D eigenvalue weighted by Crippen LogP contribution is -2.10. The summed E-state index contributed by atoms with van der Waals surface area (Å²) in [5, 5.41) is 14.6. The number of benzene rings is 2. The van der Waals surface area contributed by atoms with Crippen LogP contribution in [0, 0.1) is 16.7 Å². The number of fused-ring (bicyclic) bond motifs is 1. The number of halogens is 1. The van der Waals surface area contributed by atoms with E-state index in [0.29, 0.717) is 19.6 Å². The first-order valence-electron chi connectivity index (χ1n) is 10.7. The highest BCUT2D eigenvalue weighted by Crippen LogP contribution is 2.40. The van der Waals surface area contributed by atoms with Crippen molar-refractivity contribution < 1.29 is 9.66 Å². The molecule has 33 heavy (non-hydrogen) atoms. The van der Waals surface area contributed by atoms with E-state index in [-0.39, 0.29) is 28.3 Å². The van der Waals surface area contributed by atoms with Crippen molar-refractivity contribution in [2.75, 3.05) is 18.5 Å². The third kappa shape index (κ3) is 5.21. The number of unbranched alkanes of at least 4 members (excludes halogenated alkanes) is 1. The Hall–Kier alpha value is -3.70. The molecule has 0 bridgehead atoms. The lowest BCUT2D eigenvalue weighted by atomic mass is 9.97. The highest BCUT2D eigenvalue weighted by Gasteiger charge is 2.29. The van der Waals surface area contributed by atoms with E-state index in [9.17, 15) is 10.1 Å². The van der Waals surface area contributed by atoms with E-state index < -0.39 is 4.92 Å². The summed E-state index contributed by atoms with van der Waals surface area (Å²) in [6.45, 7) is 8.22. The molecular formula is C24H22ClN5O3. The Morgan fingerprint density at radius 1 is 1.21 bits per heavy atom.